The molecule has 0 spiro atoms. The van der Waals surface area contributed by atoms with E-state index in [-0.39, 0.29) is 5.91 Å². The number of rotatable bonds is 5. The van der Waals surface area contributed by atoms with E-state index in [9.17, 15) is 4.79 Å². The van der Waals surface area contributed by atoms with E-state index < -0.39 is 0 Å². The van der Waals surface area contributed by atoms with Gasteiger partial charge < -0.3 is 15.0 Å². The number of ether oxygens (including phenoxy) is 1. The molecule has 0 saturated carbocycles. The van der Waals surface area contributed by atoms with Crippen molar-refractivity contribution in [1.82, 2.24) is 9.88 Å². The largest absolute Gasteiger partial charge is 0.497 e. The van der Waals surface area contributed by atoms with E-state index in [0.717, 1.165) is 48.6 Å². The van der Waals surface area contributed by atoms with Crippen molar-refractivity contribution in [3.8, 4) is 5.75 Å². The number of anilines is 1. The van der Waals surface area contributed by atoms with Crippen LogP contribution in [0.1, 0.15) is 23.2 Å². The van der Waals surface area contributed by atoms with Gasteiger partial charge in [0.1, 0.15) is 5.75 Å². The Morgan fingerprint density at radius 3 is 2.93 bits per heavy atom. The van der Waals surface area contributed by atoms with Crippen molar-refractivity contribution in [3.63, 3.8) is 0 Å². The number of para-hydroxylation sites is 1. The molecule has 2 heterocycles. The standard InChI is InChI=1S/C22H25N3O2/c1-15-5-3-4-6-19(15)24-22(26)10-12-25-11-9-21-18(14-25)17-13-16(27-2)7-8-20(17)23-21/h3-8,13,23H,9-12,14H2,1-2H3,(H,24,26). The number of nitrogens with one attached hydrogen (secondary N) is 2. The minimum atomic E-state index is 0.0655. The van der Waals surface area contributed by atoms with Gasteiger partial charge in [-0.15, -0.1) is 0 Å². The number of methoxy groups -OCH3 is 1. The third-order valence-electron chi connectivity index (χ3n) is 5.34. The number of nitrogens with zero attached hydrogens (tertiary/aromatic N) is 1. The number of aromatic nitrogens is 1. The van der Waals surface area contributed by atoms with Gasteiger partial charge in [0.2, 0.25) is 5.91 Å². The summed E-state index contributed by atoms with van der Waals surface area (Å²) < 4.78 is 5.37. The van der Waals surface area contributed by atoms with E-state index in [1.165, 1.54) is 16.6 Å². The van der Waals surface area contributed by atoms with E-state index in [1.54, 1.807) is 7.11 Å². The molecule has 0 saturated heterocycles. The lowest BCUT2D eigenvalue weighted by molar-refractivity contribution is -0.116. The Morgan fingerprint density at radius 2 is 2.11 bits per heavy atom. The highest BCUT2D eigenvalue weighted by Gasteiger charge is 2.21. The van der Waals surface area contributed by atoms with Crippen LogP contribution in [-0.2, 0) is 17.8 Å². The number of benzene rings is 2. The molecule has 0 bridgehead atoms. The third kappa shape index (κ3) is 3.69. The topological polar surface area (TPSA) is 57.4 Å². The molecule has 0 fully saturated rings. The lowest BCUT2D eigenvalue weighted by Crippen LogP contribution is -2.33. The molecular weight excluding hydrogens is 338 g/mol. The quantitative estimate of drug-likeness (QED) is 0.723. The highest BCUT2D eigenvalue weighted by atomic mass is 16.5. The summed E-state index contributed by atoms with van der Waals surface area (Å²) in [6, 6.07) is 14.0. The Labute approximate surface area is 159 Å². The first-order chi connectivity index (χ1) is 13.1. The maximum absolute atomic E-state index is 12.3. The number of H-pyrrole nitrogens is 1. The Morgan fingerprint density at radius 1 is 1.26 bits per heavy atom. The van der Waals surface area contributed by atoms with E-state index in [1.807, 2.05) is 37.3 Å². The molecule has 5 nitrogen and oxygen atoms in total. The van der Waals surface area contributed by atoms with Crippen molar-refractivity contribution in [2.24, 2.45) is 0 Å². The Kier molecular flexibility index (Phi) is 4.86. The van der Waals surface area contributed by atoms with Gasteiger partial charge in [-0.25, -0.2) is 0 Å². The van der Waals surface area contributed by atoms with Crippen molar-refractivity contribution < 1.29 is 9.53 Å². The predicted octanol–water partition coefficient (Wildman–Crippen LogP) is 3.87. The fourth-order valence-electron chi connectivity index (χ4n) is 3.75. The number of fused-ring (bicyclic) bond motifs is 3. The van der Waals surface area contributed by atoms with Crippen LogP contribution in [0.4, 0.5) is 5.69 Å². The lowest BCUT2D eigenvalue weighted by atomic mass is 10.0. The molecule has 3 aromatic rings. The molecule has 0 unspecified atom stereocenters. The van der Waals surface area contributed by atoms with Crippen LogP contribution in [0.15, 0.2) is 42.5 Å². The van der Waals surface area contributed by atoms with Gasteiger partial charge in [-0.2, -0.15) is 0 Å². The van der Waals surface area contributed by atoms with Gasteiger partial charge in [-0.1, -0.05) is 18.2 Å². The van der Waals surface area contributed by atoms with Crippen LogP contribution in [-0.4, -0.2) is 36.0 Å². The molecule has 2 N–H and O–H groups in total. The molecule has 1 aromatic heterocycles. The van der Waals surface area contributed by atoms with Gasteiger partial charge in [0.05, 0.1) is 7.11 Å². The number of aromatic amines is 1. The first kappa shape index (κ1) is 17.6. The highest BCUT2D eigenvalue weighted by Crippen LogP contribution is 2.30. The van der Waals surface area contributed by atoms with Gasteiger partial charge in [0.15, 0.2) is 0 Å². The van der Waals surface area contributed by atoms with Crippen molar-refractivity contribution >= 4 is 22.5 Å². The summed E-state index contributed by atoms with van der Waals surface area (Å²) in [4.78, 5) is 18.2. The number of aryl methyl sites for hydroxylation is 1. The second kappa shape index (κ2) is 7.45. The zero-order valence-corrected chi connectivity index (χ0v) is 15.8. The first-order valence-corrected chi connectivity index (χ1v) is 9.39. The van der Waals surface area contributed by atoms with Crippen LogP contribution in [0.25, 0.3) is 10.9 Å². The summed E-state index contributed by atoms with van der Waals surface area (Å²) in [6.07, 6.45) is 1.47. The molecule has 0 aliphatic carbocycles. The van der Waals surface area contributed by atoms with E-state index in [4.69, 9.17) is 4.74 Å². The van der Waals surface area contributed by atoms with Crippen LogP contribution in [0.2, 0.25) is 0 Å². The van der Waals surface area contributed by atoms with Crippen molar-refractivity contribution in [1.29, 1.82) is 0 Å². The summed E-state index contributed by atoms with van der Waals surface area (Å²) in [5.74, 6) is 0.940. The van der Waals surface area contributed by atoms with Gasteiger partial charge >= 0.3 is 0 Å². The van der Waals surface area contributed by atoms with Crippen molar-refractivity contribution in [3.05, 3.63) is 59.3 Å². The molecule has 0 atom stereocenters. The normalized spacial score (nSPS) is 14.1. The smallest absolute Gasteiger partial charge is 0.225 e. The predicted molar refractivity (Wildman–Crippen MR) is 108 cm³/mol. The van der Waals surface area contributed by atoms with Crippen LogP contribution in [0, 0.1) is 6.92 Å². The van der Waals surface area contributed by atoms with Gasteiger partial charge in [-0.3, -0.25) is 9.69 Å². The van der Waals surface area contributed by atoms with Crippen LogP contribution in [0.3, 0.4) is 0 Å². The average molecular weight is 363 g/mol. The average Bonchev–Trinajstić information content (AvgIpc) is 3.05. The minimum absolute atomic E-state index is 0.0655. The molecule has 140 valence electrons. The van der Waals surface area contributed by atoms with Crippen LogP contribution >= 0.6 is 0 Å². The highest BCUT2D eigenvalue weighted by molar-refractivity contribution is 5.91. The summed E-state index contributed by atoms with van der Waals surface area (Å²) in [5.41, 5.74) is 5.77. The second-order valence-electron chi connectivity index (χ2n) is 7.13. The molecule has 2 aromatic carbocycles. The lowest BCUT2D eigenvalue weighted by Gasteiger charge is -2.26. The molecule has 4 rings (SSSR count). The summed E-state index contributed by atoms with van der Waals surface area (Å²) >= 11 is 0. The monoisotopic (exact) mass is 363 g/mol. The second-order valence-corrected chi connectivity index (χ2v) is 7.13. The van der Waals surface area contributed by atoms with Crippen molar-refractivity contribution in [2.45, 2.75) is 26.3 Å². The molecule has 0 radical (unpaired) electrons. The van der Waals surface area contributed by atoms with Gasteiger partial charge in [0.25, 0.3) is 0 Å². The molecule has 1 amide bonds. The third-order valence-corrected chi connectivity index (χ3v) is 5.34. The van der Waals surface area contributed by atoms with Crippen LogP contribution in [0.5, 0.6) is 5.75 Å². The van der Waals surface area contributed by atoms with Crippen molar-refractivity contribution in [2.75, 3.05) is 25.5 Å². The first-order valence-electron chi connectivity index (χ1n) is 9.39. The minimum Gasteiger partial charge on any atom is -0.497 e. The molecule has 27 heavy (non-hydrogen) atoms. The number of carbonyl (C=O) groups is 1. The van der Waals surface area contributed by atoms with Gasteiger partial charge in [0, 0.05) is 54.8 Å². The molecular formula is C22H25N3O2. The fraction of sp³-hybridized carbons (Fsp3) is 0.318. The Balaban J connectivity index is 1.41. The zero-order valence-electron chi connectivity index (χ0n) is 15.8. The zero-order chi connectivity index (χ0) is 18.8. The van der Waals surface area contributed by atoms with E-state index in [0.29, 0.717) is 6.42 Å². The van der Waals surface area contributed by atoms with E-state index >= 15 is 0 Å². The summed E-state index contributed by atoms with van der Waals surface area (Å²) in [6.45, 7) is 4.59. The number of amides is 1. The van der Waals surface area contributed by atoms with Gasteiger partial charge in [-0.05, 0) is 42.3 Å². The fourth-order valence-corrected chi connectivity index (χ4v) is 3.75. The maximum atomic E-state index is 12.3. The SMILES string of the molecule is COc1ccc2[nH]c3c(c2c1)CN(CCC(=O)Nc1ccccc1C)CC3. The van der Waals surface area contributed by atoms with E-state index in [2.05, 4.69) is 27.3 Å². The summed E-state index contributed by atoms with van der Waals surface area (Å²) in [5, 5.41) is 4.24. The Hall–Kier alpha value is -2.79. The molecule has 5 heteroatoms. The number of hydrogen-bond acceptors (Lipinski definition) is 3. The van der Waals surface area contributed by atoms with Crippen LogP contribution < -0.4 is 10.1 Å². The number of hydrogen-bond donors (Lipinski definition) is 2. The summed E-state index contributed by atoms with van der Waals surface area (Å²) in [7, 11) is 1.69. The maximum Gasteiger partial charge on any atom is 0.225 e. The molecule has 1 aliphatic rings. The molecule has 1 aliphatic heterocycles. The Bertz CT molecular complexity index is 977. The number of carbonyl (C=O) groups excluding carboxylic acids is 1.